The molecule has 8 heteroatoms. The van der Waals surface area contributed by atoms with Gasteiger partial charge in [-0.25, -0.2) is 4.39 Å². The van der Waals surface area contributed by atoms with Gasteiger partial charge < -0.3 is 5.32 Å². The molecule has 0 heterocycles. The first-order valence-electron chi connectivity index (χ1n) is 5.59. The number of carbonyl (C=O) groups excluding carboxylic acids is 1. The highest BCUT2D eigenvalue weighted by molar-refractivity contribution is 9.10. The van der Waals surface area contributed by atoms with E-state index in [1.54, 1.807) is 0 Å². The number of amides is 1. The first-order valence-corrected chi connectivity index (χ1v) is 6.76. The summed E-state index contributed by atoms with van der Waals surface area (Å²) in [5.74, 6) is -1.56. The molecule has 0 aromatic heterocycles. The van der Waals surface area contributed by atoms with Gasteiger partial charge in [0.25, 0.3) is 11.6 Å². The molecule has 0 aliphatic rings. The molecule has 5 nitrogen and oxygen atoms in total. The number of nitrogens with one attached hydrogen (secondary N) is 1. The molecular formula is C13H7BrClFN2O3. The average molecular weight is 374 g/mol. The van der Waals surface area contributed by atoms with Crippen LogP contribution in [-0.2, 0) is 0 Å². The summed E-state index contributed by atoms with van der Waals surface area (Å²) in [6, 6.07) is 7.75. The van der Waals surface area contributed by atoms with Crippen LogP contribution in [0.5, 0.6) is 0 Å². The molecule has 0 bridgehead atoms. The molecule has 0 aliphatic heterocycles. The van der Waals surface area contributed by atoms with Gasteiger partial charge in [-0.2, -0.15) is 0 Å². The lowest BCUT2D eigenvalue weighted by Crippen LogP contribution is -2.15. The molecule has 0 spiro atoms. The van der Waals surface area contributed by atoms with Gasteiger partial charge in [0.1, 0.15) is 11.5 Å². The number of rotatable bonds is 3. The predicted octanol–water partition coefficient (Wildman–Crippen LogP) is 4.40. The number of carbonyl (C=O) groups is 1. The third-order valence-electron chi connectivity index (χ3n) is 2.59. The summed E-state index contributed by atoms with van der Waals surface area (Å²) >= 11 is 8.82. The van der Waals surface area contributed by atoms with Crippen molar-refractivity contribution in [1.29, 1.82) is 0 Å². The van der Waals surface area contributed by atoms with Gasteiger partial charge in [0, 0.05) is 15.6 Å². The lowest BCUT2D eigenvalue weighted by Gasteiger charge is -2.08. The van der Waals surface area contributed by atoms with Gasteiger partial charge >= 0.3 is 0 Å². The van der Waals surface area contributed by atoms with E-state index in [-0.39, 0.29) is 26.4 Å². The van der Waals surface area contributed by atoms with Crippen molar-refractivity contribution < 1.29 is 14.1 Å². The van der Waals surface area contributed by atoms with E-state index in [0.717, 1.165) is 12.1 Å². The number of hydrogen-bond donors (Lipinski definition) is 1. The molecule has 1 amide bonds. The summed E-state index contributed by atoms with van der Waals surface area (Å²) in [4.78, 5) is 22.3. The third-order valence-corrected chi connectivity index (χ3v) is 3.49. The van der Waals surface area contributed by atoms with Crippen molar-refractivity contribution in [2.24, 2.45) is 0 Å². The van der Waals surface area contributed by atoms with Crippen LogP contribution in [0.3, 0.4) is 0 Å². The summed E-state index contributed by atoms with van der Waals surface area (Å²) in [5.41, 5.74) is -0.681. The maximum Gasteiger partial charge on any atom is 0.292 e. The molecule has 0 radical (unpaired) electrons. The minimum absolute atomic E-state index is 0.104. The first kappa shape index (κ1) is 15.4. The van der Waals surface area contributed by atoms with Gasteiger partial charge in [-0.05, 0) is 40.2 Å². The van der Waals surface area contributed by atoms with Crippen LogP contribution in [0.25, 0.3) is 0 Å². The maximum atomic E-state index is 13.7. The Labute approximate surface area is 132 Å². The SMILES string of the molecule is O=C(Nc1cc(Cl)ccc1[N+](=O)[O-])c1c(F)cccc1Br. The number of nitrogens with zero attached hydrogens (tertiary/aromatic N) is 1. The second-order valence-corrected chi connectivity index (χ2v) is 5.26. The van der Waals surface area contributed by atoms with Crippen molar-refractivity contribution in [1.82, 2.24) is 0 Å². The van der Waals surface area contributed by atoms with Gasteiger partial charge in [-0.15, -0.1) is 0 Å². The van der Waals surface area contributed by atoms with Crippen molar-refractivity contribution in [3.05, 3.63) is 67.4 Å². The Hall–Kier alpha value is -1.99. The molecule has 2 aromatic rings. The van der Waals surface area contributed by atoms with Crippen LogP contribution >= 0.6 is 27.5 Å². The maximum absolute atomic E-state index is 13.7. The highest BCUT2D eigenvalue weighted by Gasteiger charge is 2.20. The molecule has 108 valence electrons. The van der Waals surface area contributed by atoms with Crippen LogP contribution in [0.1, 0.15) is 10.4 Å². The van der Waals surface area contributed by atoms with E-state index < -0.39 is 16.6 Å². The van der Waals surface area contributed by atoms with E-state index in [1.165, 1.54) is 24.3 Å². The van der Waals surface area contributed by atoms with Gasteiger partial charge in [-0.1, -0.05) is 17.7 Å². The minimum Gasteiger partial charge on any atom is -0.316 e. The highest BCUT2D eigenvalue weighted by atomic mass is 79.9. The van der Waals surface area contributed by atoms with E-state index in [4.69, 9.17) is 11.6 Å². The van der Waals surface area contributed by atoms with E-state index in [0.29, 0.717) is 0 Å². The van der Waals surface area contributed by atoms with Crippen molar-refractivity contribution in [2.45, 2.75) is 0 Å². The fourth-order valence-corrected chi connectivity index (χ4v) is 2.36. The van der Waals surface area contributed by atoms with Gasteiger partial charge in [0.05, 0.1) is 10.5 Å². The van der Waals surface area contributed by atoms with Crippen LogP contribution in [-0.4, -0.2) is 10.8 Å². The fraction of sp³-hybridized carbons (Fsp3) is 0. The zero-order valence-corrected chi connectivity index (χ0v) is 12.6. The Morgan fingerprint density at radius 3 is 2.67 bits per heavy atom. The summed E-state index contributed by atoms with van der Waals surface area (Å²) in [6.45, 7) is 0. The first-order chi connectivity index (χ1) is 9.90. The van der Waals surface area contributed by atoms with E-state index in [2.05, 4.69) is 21.2 Å². The molecule has 1 N–H and O–H groups in total. The van der Waals surface area contributed by atoms with Crippen LogP contribution in [0.2, 0.25) is 5.02 Å². The number of nitro benzene ring substituents is 1. The zero-order valence-electron chi connectivity index (χ0n) is 10.3. The second-order valence-electron chi connectivity index (χ2n) is 3.97. The normalized spacial score (nSPS) is 10.2. The number of nitro groups is 1. The quantitative estimate of drug-likeness (QED) is 0.640. The smallest absolute Gasteiger partial charge is 0.292 e. The number of halogens is 3. The summed E-state index contributed by atoms with van der Waals surface area (Å²) in [6.07, 6.45) is 0. The van der Waals surface area contributed by atoms with Crippen LogP contribution < -0.4 is 5.32 Å². The van der Waals surface area contributed by atoms with Crippen molar-refractivity contribution in [3.8, 4) is 0 Å². The Morgan fingerprint density at radius 1 is 1.33 bits per heavy atom. The Bertz CT molecular complexity index is 719. The summed E-state index contributed by atoms with van der Waals surface area (Å²) in [7, 11) is 0. The summed E-state index contributed by atoms with van der Waals surface area (Å²) < 4.78 is 13.9. The molecule has 0 atom stereocenters. The lowest BCUT2D eigenvalue weighted by molar-refractivity contribution is -0.383. The predicted molar refractivity (Wildman–Crippen MR) is 80.2 cm³/mol. The molecule has 0 fully saturated rings. The number of anilines is 1. The van der Waals surface area contributed by atoms with Crippen LogP contribution in [0, 0.1) is 15.9 Å². The van der Waals surface area contributed by atoms with Crippen molar-refractivity contribution in [2.75, 3.05) is 5.32 Å². The minimum atomic E-state index is -0.814. The topological polar surface area (TPSA) is 72.2 Å². The Morgan fingerprint density at radius 2 is 2.05 bits per heavy atom. The van der Waals surface area contributed by atoms with E-state index in [1.807, 2.05) is 0 Å². The van der Waals surface area contributed by atoms with Crippen LogP contribution in [0.4, 0.5) is 15.8 Å². The largest absolute Gasteiger partial charge is 0.316 e. The molecule has 21 heavy (non-hydrogen) atoms. The fourth-order valence-electron chi connectivity index (χ4n) is 1.67. The lowest BCUT2D eigenvalue weighted by atomic mass is 10.2. The van der Waals surface area contributed by atoms with Crippen molar-refractivity contribution >= 4 is 44.8 Å². The number of hydrogen-bond acceptors (Lipinski definition) is 3. The second kappa shape index (κ2) is 6.19. The third kappa shape index (κ3) is 3.37. The molecule has 0 saturated carbocycles. The Kier molecular flexibility index (Phi) is 4.54. The molecule has 0 saturated heterocycles. The zero-order chi connectivity index (χ0) is 15.6. The summed E-state index contributed by atoms with van der Waals surface area (Å²) in [5, 5.41) is 13.4. The van der Waals surface area contributed by atoms with Gasteiger partial charge in [0.15, 0.2) is 0 Å². The standard InChI is InChI=1S/C13H7BrClFN2O3/c14-8-2-1-3-9(16)12(8)13(19)17-10-6-7(15)4-5-11(10)18(20)21/h1-6H,(H,17,19). The van der Waals surface area contributed by atoms with Gasteiger partial charge in [0.2, 0.25) is 0 Å². The average Bonchev–Trinajstić information content (AvgIpc) is 2.38. The number of benzene rings is 2. The highest BCUT2D eigenvalue weighted by Crippen LogP contribution is 2.29. The van der Waals surface area contributed by atoms with Gasteiger partial charge in [-0.3, -0.25) is 14.9 Å². The molecular weight excluding hydrogens is 367 g/mol. The Balaban J connectivity index is 2.40. The molecule has 0 unspecified atom stereocenters. The van der Waals surface area contributed by atoms with E-state index >= 15 is 0 Å². The molecule has 0 aliphatic carbocycles. The van der Waals surface area contributed by atoms with E-state index in [9.17, 15) is 19.3 Å². The molecule has 2 rings (SSSR count). The van der Waals surface area contributed by atoms with Crippen molar-refractivity contribution in [3.63, 3.8) is 0 Å². The monoisotopic (exact) mass is 372 g/mol. The molecule has 2 aromatic carbocycles. The van der Waals surface area contributed by atoms with Crippen LogP contribution in [0.15, 0.2) is 40.9 Å².